The minimum absolute atomic E-state index is 0.0523. The van der Waals surface area contributed by atoms with Crippen LogP contribution in [-0.2, 0) is 11.3 Å². The zero-order valence-corrected chi connectivity index (χ0v) is 16.4. The lowest BCUT2D eigenvalue weighted by Crippen LogP contribution is -2.56. The quantitative estimate of drug-likeness (QED) is 0.723. The molecule has 5 heteroatoms. The summed E-state index contributed by atoms with van der Waals surface area (Å²) in [7, 11) is 4.08. The molecule has 0 saturated carbocycles. The van der Waals surface area contributed by atoms with Gasteiger partial charge >= 0.3 is 0 Å². The maximum absolute atomic E-state index is 12.5. The van der Waals surface area contributed by atoms with E-state index in [1.54, 1.807) is 0 Å². The first-order valence-electron chi connectivity index (χ1n) is 9.26. The number of hydrogen-bond donors (Lipinski definition) is 0. The van der Waals surface area contributed by atoms with Crippen molar-refractivity contribution in [2.24, 2.45) is 5.92 Å². The number of piperazine rings is 1. The molecule has 1 amide bonds. The van der Waals surface area contributed by atoms with E-state index >= 15 is 0 Å². The van der Waals surface area contributed by atoms with Crippen LogP contribution in [0.3, 0.4) is 0 Å². The number of ether oxygens (including phenoxy) is 1. The molecule has 5 nitrogen and oxygen atoms in total. The topological polar surface area (TPSA) is 36.0 Å². The van der Waals surface area contributed by atoms with Crippen LogP contribution in [-0.4, -0.2) is 73.5 Å². The van der Waals surface area contributed by atoms with Gasteiger partial charge in [0.1, 0.15) is 12.4 Å². The first-order valence-corrected chi connectivity index (χ1v) is 9.26. The fourth-order valence-corrected chi connectivity index (χ4v) is 3.08. The van der Waals surface area contributed by atoms with Crippen LogP contribution in [0.4, 0.5) is 0 Å². The molecular formula is C20H33N3O2. The van der Waals surface area contributed by atoms with Gasteiger partial charge in [-0.05, 0) is 44.6 Å². The Labute approximate surface area is 152 Å². The third-order valence-corrected chi connectivity index (χ3v) is 4.58. The van der Waals surface area contributed by atoms with Gasteiger partial charge in [-0.2, -0.15) is 0 Å². The van der Waals surface area contributed by atoms with Gasteiger partial charge in [-0.25, -0.2) is 0 Å². The molecule has 0 aliphatic carbocycles. The summed E-state index contributed by atoms with van der Waals surface area (Å²) in [5.41, 5.74) is 1.22. The van der Waals surface area contributed by atoms with E-state index in [0.29, 0.717) is 12.5 Å². The van der Waals surface area contributed by atoms with Crippen molar-refractivity contribution in [2.45, 2.75) is 33.4 Å². The molecule has 0 unspecified atom stereocenters. The van der Waals surface area contributed by atoms with Crippen molar-refractivity contribution < 1.29 is 9.53 Å². The normalized spacial score (nSPS) is 19.1. The third kappa shape index (κ3) is 6.01. The maximum Gasteiger partial charge on any atom is 0.239 e. The van der Waals surface area contributed by atoms with Crippen LogP contribution in [0.2, 0.25) is 0 Å². The van der Waals surface area contributed by atoms with Gasteiger partial charge in [0.15, 0.2) is 0 Å². The average molecular weight is 348 g/mol. The van der Waals surface area contributed by atoms with Gasteiger partial charge in [0, 0.05) is 32.7 Å². The number of rotatable bonds is 8. The summed E-state index contributed by atoms with van der Waals surface area (Å²) < 4.78 is 5.73. The van der Waals surface area contributed by atoms with E-state index in [-0.39, 0.29) is 11.9 Å². The molecule has 25 heavy (non-hydrogen) atoms. The van der Waals surface area contributed by atoms with E-state index < -0.39 is 0 Å². The molecule has 1 atom stereocenters. The number of likely N-dealkylation sites (N-methyl/N-ethyl adjacent to an activating group) is 1. The molecule has 1 aliphatic heterocycles. The zero-order valence-electron chi connectivity index (χ0n) is 16.4. The molecule has 1 fully saturated rings. The second-order valence-corrected chi connectivity index (χ2v) is 7.62. The standard InChI is InChI=1S/C20H33N3O2/c1-16(2)14-23-11-10-22(17(3)20(23)24)15-18-6-8-19(9-7-18)25-13-12-21(4)5/h6-9,16-17H,10-15H2,1-5H3/t17-/m1/s1. The monoisotopic (exact) mass is 347 g/mol. The van der Waals surface area contributed by atoms with Crippen LogP contribution in [0.15, 0.2) is 24.3 Å². The Morgan fingerprint density at radius 3 is 2.48 bits per heavy atom. The Balaban J connectivity index is 1.86. The predicted molar refractivity (Wildman–Crippen MR) is 102 cm³/mol. The number of carbonyl (C=O) groups excluding carboxylic acids is 1. The molecule has 1 saturated heterocycles. The lowest BCUT2D eigenvalue weighted by molar-refractivity contribution is -0.141. The van der Waals surface area contributed by atoms with E-state index in [1.165, 1.54) is 5.56 Å². The first kappa shape index (κ1) is 19.7. The summed E-state index contributed by atoms with van der Waals surface area (Å²) in [6, 6.07) is 8.19. The second kappa shape index (κ2) is 9.20. The van der Waals surface area contributed by atoms with Gasteiger partial charge < -0.3 is 14.5 Å². The van der Waals surface area contributed by atoms with Crippen molar-refractivity contribution in [1.82, 2.24) is 14.7 Å². The molecule has 0 aromatic heterocycles. The summed E-state index contributed by atoms with van der Waals surface area (Å²) in [6.45, 7) is 11.4. The highest BCUT2D eigenvalue weighted by Crippen LogP contribution is 2.18. The van der Waals surface area contributed by atoms with E-state index in [1.807, 2.05) is 38.1 Å². The Hall–Kier alpha value is -1.59. The second-order valence-electron chi connectivity index (χ2n) is 7.62. The fourth-order valence-electron chi connectivity index (χ4n) is 3.08. The van der Waals surface area contributed by atoms with Crippen LogP contribution in [0.25, 0.3) is 0 Å². The summed E-state index contributed by atoms with van der Waals surface area (Å²) in [5.74, 6) is 1.67. The van der Waals surface area contributed by atoms with Crippen LogP contribution in [0, 0.1) is 5.92 Å². The third-order valence-electron chi connectivity index (χ3n) is 4.58. The molecule has 0 radical (unpaired) electrons. The van der Waals surface area contributed by atoms with Crippen molar-refractivity contribution in [3.05, 3.63) is 29.8 Å². The summed E-state index contributed by atoms with van der Waals surface area (Å²) in [4.78, 5) is 18.9. The van der Waals surface area contributed by atoms with Gasteiger partial charge in [-0.15, -0.1) is 0 Å². The maximum atomic E-state index is 12.5. The van der Waals surface area contributed by atoms with Crippen molar-refractivity contribution in [2.75, 3.05) is 46.9 Å². The van der Waals surface area contributed by atoms with Crippen LogP contribution in [0.5, 0.6) is 5.75 Å². The molecule has 0 N–H and O–H groups in total. The van der Waals surface area contributed by atoms with E-state index in [4.69, 9.17) is 4.74 Å². The fraction of sp³-hybridized carbons (Fsp3) is 0.650. The Morgan fingerprint density at radius 1 is 1.20 bits per heavy atom. The van der Waals surface area contributed by atoms with Crippen LogP contribution in [0.1, 0.15) is 26.3 Å². The lowest BCUT2D eigenvalue weighted by Gasteiger charge is -2.39. The molecule has 1 heterocycles. The number of nitrogens with zero attached hydrogens (tertiary/aromatic N) is 3. The number of benzene rings is 1. The molecule has 0 spiro atoms. The molecular weight excluding hydrogens is 314 g/mol. The molecule has 1 aromatic rings. The SMILES string of the molecule is CC(C)CN1CCN(Cc2ccc(OCCN(C)C)cc2)[C@H](C)C1=O. The highest BCUT2D eigenvalue weighted by Gasteiger charge is 2.31. The van der Waals surface area contributed by atoms with Crippen molar-refractivity contribution in [3.8, 4) is 5.75 Å². The minimum Gasteiger partial charge on any atom is -0.492 e. The van der Waals surface area contributed by atoms with Gasteiger partial charge in [0.25, 0.3) is 0 Å². The highest BCUT2D eigenvalue weighted by atomic mass is 16.5. The van der Waals surface area contributed by atoms with Crippen molar-refractivity contribution in [3.63, 3.8) is 0 Å². The Kier molecular flexibility index (Phi) is 7.26. The number of hydrogen-bond acceptors (Lipinski definition) is 4. The molecule has 2 rings (SSSR count). The zero-order chi connectivity index (χ0) is 18.4. The number of amides is 1. The summed E-state index contributed by atoms with van der Waals surface area (Å²) in [6.07, 6.45) is 0. The average Bonchev–Trinajstić information content (AvgIpc) is 2.55. The number of carbonyl (C=O) groups is 1. The molecule has 0 bridgehead atoms. The molecule has 1 aromatic carbocycles. The van der Waals surface area contributed by atoms with Crippen LogP contribution < -0.4 is 4.74 Å². The summed E-state index contributed by atoms with van der Waals surface area (Å²) in [5, 5.41) is 0. The van der Waals surface area contributed by atoms with Gasteiger partial charge in [-0.1, -0.05) is 26.0 Å². The van der Waals surface area contributed by atoms with Crippen molar-refractivity contribution in [1.29, 1.82) is 0 Å². The van der Waals surface area contributed by atoms with E-state index in [9.17, 15) is 4.79 Å². The lowest BCUT2D eigenvalue weighted by atomic mass is 10.1. The largest absolute Gasteiger partial charge is 0.492 e. The van der Waals surface area contributed by atoms with E-state index in [0.717, 1.165) is 38.5 Å². The Bertz CT molecular complexity index is 542. The van der Waals surface area contributed by atoms with Crippen molar-refractivity contribution >= 4 is 5.91 Å². The van der Waals surface area contributed by atoms with Gasteiger partial charge in [-0.3, -0.25) is 9.69 Å². The highest BCUT2D eigenvalue weighted by molar-refractivity contribution is 5.82. The Morgan fingerprint density at radius 2 is 1.88 bits per heavy atom. The predicted octanol–water partition coefficient (Wildman–Crippen LogP) is 2.32. The van der Waals surface area contributed by atoms with Gasteiger partial charge in [0.05, 0.1) is 6.04 Å². The van der Waals surface area contributed by atoms with Gasteiger partial charge in [0.2, 0.25) is 5.91 Å². The van der Waals surface area contributed by atoms with Crippen LogP contribution >= 0.6 is 0 Å². The molecule has 1 aliphatic rings. The minimum atomic E-state index is -0.0523. The van der Waals surface area contributed by atoms with E-state index in [2.05, 4.69) is 35.8 Å². The molecule has 140 valence electrons. The smallest absolute Gasteiger partial charge is 0.239 e. The summed E-state index contributed by atoms with van der Waals surface area (Å²) >= 11 is 0. The first-order chi connectivity index (χ1) is 11.9.